The van der Waals surface area contributed by atoms with Crippen molar-refractivity contribution in [3.8, 4) is 0 Å². The van der Waals surface area contributed by atoms with Crippen molar-refractivity contribution in [3.05, 3.63) is 0 Å². The van der Waals surface area contributed by atoms with Crippen LogP contribution in [0.1, 0.15) is 246 Å². The van der Waals surface area contributed by atoms with Gasteiger partial charge in [0, 0.05) is 19.3 Å². The molecular weight excluding hydrogens is 636 g/mol. The zero-order valence-corrected chi connectivity index (χ0v) is 34.6. The lowest BCUT2D eigenvalue weighted by Crippen LogP contribution is -2.30. The van der Waals surface area contributed by atoms with Crippen LogP contribution in [-0.4, -0.2) is 37.2 Å². The first kappa shape index (κ1) is 49.4. The molecule has 0 radical (unpaired) electrons. The Morgan fingerprint density at radius 3 is 1.02 bits per heavy atom. The van der Waals surface area contributed by atoms with Crippen LogP contribution in [0.3, 0.4) is 0 Å². The minimum atomic E-state index is -0.758. The van der Waals surface area contributed by atoms with Crippen LogP contribution in [0.5, 0.6) is 0 Å². The van der Waals surface area contributed by atoms with E-state index < -0.39 is 6.10 Å². The molecule has 1 unspecified atom stereocenters. The lowest BCUT2D eigenvalue weighted by atomic mass is 9.99. The van der Waals surface area contributed by atoms with Crippen LogP contribution in [-0.2, 0) is 28.6 Å². The lowest BCUT2D eigenvalue weighted by molar-refractivity contribution is -0.167. The summed E-state index contributed by atoms with van der Waals surface area (Å²) >= 11 is 0. The average Bonchev–Trinajstić information content (AvgIpc) is 3.13. The Morgan fingerprint density at radius 1 is 0.392 bits per heavy atom. The van der Waals surface area contributed by atoms with E-state index in [4.69, 9.17) is 14.2 Å². The van der Waals surface area contributed by atoms with E-state index in [0.717, 1.165) is 63.7 Å². The van der Waals surface area contributed by atoms with E-state index in [1.807, 2.05) is 0 Å². The molecule has 0 saturated heterocycles. The molecule has 0 aromatic carbocycles. The molecule has 0 saturated carbocycles. The van der Waals surface area contributed by atoms with E-state index in [9.17, 15) is 14.4 Å². The molecule has 302 valence electrons. The summed E-state index contributed by atoms with van der Waals surface area (Å²) in [5.41, 5.74) is 0. The van der Waals surface area contributed by atoms with Crippen molar-refractivity contribution in [2.24, 2.45) is 5.92 Å². The van der Waals surface area contributed by atoms with E-state index in [2.05, 4.69) is 27.7 Å². The highest BCUT2D eigenvalue weighted by atomic mass is 16.6. The smallest absolute Gasteiger partial charge is 0.306 e. The summed E-state index contributed by atoms with van der Waals surface area (Å²) in [5, 5.41) is 0. The number of esters is 3. The highest BCUT2D eigenvalue weighted by molar-refractivity contribution is 5.71. The first-order valence-electron chi connectivity index (χ1n) is 22.4. The Hall–Kier alpha value is -1.59. The standard InChI is InChI=1S/C45H86O6/c1-5-8-10-12-14-16-17-18-20-25-29-33-37-44(47)50-40-42(39-49-43(46)36-32-28-24-19-15-13-11-9-6-2)51-45(48)38-34-30-26-22-21-23-27-31-35-41(4)7-3/h41-42H,5-40H2,1-4H3/t41?,42-/m0/s1. The van der Waals surface area contributed by atoms with Gasteiger partial charge in [0.15, 0.2) is 6.10 Å². The molecule has 0 aliphatic carbocycles. The summed E-state index contributed by atoms with van der Waals surface area (Å²) in [7, 11) is 0. The summed E-state index contributed by atoms with van der Waals surface area (Å²) < 4.78 is 16.7. The zero-order chi connectivity index (χ0) is 37.5. The van der Waals surface area contributed by atoms with Crippen LogP contribution in [0.25, 0.3) is 0 Å². The Bertz CT molecular complexity index is 768. The fourth-order valence-corrected chi connectivity index (χ4v) is 6.59. The lowest BCUT2D eigenvalue weighted by Gasteiger charge is -2.18. The highest BCUT2D eigenvalue weighted by Crippen LogP contribution is 2.16. The molecule has 0 fully saturated rings. The van der Waals surface area contributed by atoms with Gasteiger partial charge in [0.1, 0.15) is 13.2 Å². The summed E-state index contributed by atoms with van der Waals surface area (Å²) in [5.74, 6) is -0.0141. The second kappa shape index (κ2) is 39.6. The molecule has 0 bridgehead atoms. The number of hydrogen-bond acceptors (Lipinski definition) is 6. The first-order chi connectivity index (χ1) is 24.9. The van der Waals surface area contributed by atoms with Crippen LogP contribution in [0.15, 0.2) is 0 Å². The average molecular weight is 723 g/mol. The van der Waals surface area contributed by atoms with Gasteiger partial charge >= 0.3 is 17.9 Å². The highest BCUT2D eigenvalue weighted by Gasteiger charge is 2.19. The molecule has 0 N–H and O–H groups in total. The largest absolute Gasteiger partial charge is 0.462 e. The zero-order valence-electron chi connectivity index (χ0n) is 34.6. The van der Waals surface area contributed by atoms with Gasteiger partial charge in [0.05, 0.1) is 0 Å². The molecule has 0 rings (SSSR count). The molecule has 6 nitrogen and oxygen atoms in total. The van der Waals surface area contributed by atoms with Crippen LogP contribution in [0.2, 0.25) is 0 Å². The van der Waals surface area contributed by atoms with Crippen LogP contribution in [0, 0.1) is 5.92 Å². The molecular formula is C45H86O6. The molecule has 6 heteroatoms. The predicted molar refractivity (Wildman–Crippen MR) is 215 cm³/mol. The molecule has 0 heterocycles. The van der Waals surface area contributed by atoms with Gasteiger partial charge in [0.25, 0.3) is 0 Å². The van der Waals surface area contributed by atoms with E-state index in [0.29, 0.717) is 19.3 Å². The third-order valence-electron chi connectivity index (χ3n) is 10.4. The summed E-state index contributed by atoms with van der Waals surface area (Å²) in [6, 6.07) is 0. The van der Waals surface area contributed by atoms with Gasteiger partial charge in [-0.15, -0.1) is 0 Å². The predicted octanol–water partition coefficient (Wildman–Crippen LogP) is 13.9. The third-order valence-corrected chi connectivity index (χ3v) is 10.4. The Kier molecular flexibility index (Phi) is 38.4. The number of hydrogen-bond donors (Lipinski definition) is 0. The summed E-state index contributed by atoms with van der Waals surface area (Å²) in [6.07, 6.45) is 37.9. The van der Waals surface area contributed by atoms with E-state index in [-0.39, 0.29) is 31.1 Å². The molecule has 0 aromatic rings. The third kappa shape index (κ3) is 38.0. The van der Waals surface area contributed by atoms with Crippen molar-refractivity contribution in [1.29, 1.82) is 0 Å². The number of carbonyl (C=O) groups excluding carboxylic acids is 3. The number of unbranched alkanes of at least 4 members (excludes halogenated alkanes) is 26. The minimum absolute atomic E-state index is 0.0643. The van der Waals surface area contributed by atoms with Crippen molar-refractivity contribution in [1.82, 2.24) is 0 Å². The molecule has 0 aliphatic rings. The van der Waals surface area contributed by atoms with Gasteiger partial charge in [-0.2, -0.15) is 0 Å². The summed E-state index contributed by atoms with van der Waals surface area (Å²) in [4.78, 5) is 37.6. The maximum atomic E-state index is 12.7. The normalized spacial score (nSPS) is 12.5. The number of ether oxygens (including phenoxy) is 3. The maximum absolute atomic E-state index is 12.7. The van der Waals surface area contributed by atoms with E-state index in [1.165, 1.54) is 141 Å². The molecule has 0 amide bonds. The fourth-order valence-electron chi connectivity index (χ4n) is 6.59. The molecule has 0 aliphatic heterocycles. The molecule has 0 spiro atoms. The minimum Gasteiger partial charge on any atom is -0.462 e. The van der Waals surface area contributed by atoms with Gasteiger partial charge in [-0.1, -0.05) is 207 Å². The number of carbonyl (C=O) groups is 3. The fraction of sp³-hybridized carbons (Fsp3) is 0.933. The Labute approximate surface area is 317 Å². The van der Waals surface area contributed by atoms with Crippen LogP contribution < -0.4 is 0 Å². The quantitative estimate of drug-likeness (QED) is 0.0356. The van der Waals surface area contributed by atoms with Gasteiger partial charge < -0.3 is 14.2 Å². The maximum Gasteiger partial charge on any atom is 0.306 e. The second-order valence-electron chi connectivity index (χ2n) is 15.6. The SMILES string of the molecule is CCCCCCCCCCCCCCC(=O)OC[C@H](COC(=O)CCCCCCCCCCC)OC(=O)CCCCCCCCCCC(C)CC. The van der Waals surface area contributed by atoms with Crippen LogP contribution in [0.4, 0.5) is 0 Å². The Morgan fingerprint density at radius 2 is 0.686 bits per heavy atom. The number of rotatable bonds is 40. The van der Waals surface area contributed by atoms with Gasteiger partial charge in [-0.25, -0.2) is 0 Å². The van der Waals surface area contributed by atoms with Crippen LogP contribution >= 0.6 is 0 Å². The topological polar surface area (TPSA) is 78.9 Å². The van der Waals surface area contributed by atoms with Crippen molar-refractivity contribution >= 4 is 17.9 Å². The van der Waals surface area contributed by atoms with Crippen molar-refractivity contribution < 1.29 is 28.6 Å². The first-order valence-corrected chi connectivity index (χ1v) is 22.4. The van der Waals surface area contributed by atoms with Crippen molar-refractivity contribution in [2.75, 3.05) is 13.2 Å². The van der Waals surface area contributed by atoms with E-state index in [1.54, 1.807) is 0 Å². The molecule has 51 heavy (non-hydrogen) atoms. The molecule has 2 atom stereocenters. The van der Waals surface area contributed by atoms with E-state index >= 15 is 0 Å². The van der Waals surface area contributed by atoms with Gasteiger partial charge in [0.2, 0.25) is 0 Å². The molecule has 0 aromatic heterocycles. The van der Waals surface area contributed by atoms with Crippen molar-refractivity contribution in [3.63, 3.8) is 0 Å². The van der Waals surface area contributed by atoms with Crippen molar-refractivity contribution in [2.45, 2.75) is 252 Å². The van der Waals surface area contributed by atoms with Gasteiger partial charge in [-0.05, 0) is 25.2 Å². The Balaban J connectivity index is 4.33. The van der Waals surface area contributed by atoms with Gasteiger partial charge in [-0.3, -0.25) is 14.4 Å². The second-order valence-corrected chi connectivity index (χ2v) is 15.6. The summed E-state index contributed by atoms with van der Waals surface area (Å²) in [6.45, 7) is 8.97. The monoisotopic (exact) mass is 723 g/mol.